The van der Waals surface area contributed by atoms with E-state index in [2.05, 4.69) is 176 Å². The average molecular weight is 1010 g/mol. The van der Waals surface area contributed by atoms with Crippen LogP contribution in [0.15, 0.2) is 150 Å². The first kappa shape index (κ1) is 40.5. The zero-order valence-electron chi connectivity index (χ0n) is 34.6. The number of hydrogen-bond donors (Lipinski definition) is 0. The van der Waals surface area contributed by atoms with Crippen molar-refractivity contribution in [1.29, 1.82) is 0 Å². The molecule has 1 radical (unpaired) electrons. The van der Waals surface area contributed by atoms with Crippen LogP contribution >= 0.6 is 0 Å². The van der Waals surface area contributed by atoms with Crippen molar-refractivity contribution in [2.45, 2.75) is 56.8 Å². The number of benzene rings is 7. The number of fused-ring (bicyclic) bond motifs is 8. The smallest absolute Gasteiger partial charge is 0 e. The standard InChI is InChI=1S/C39H31N2O.C14H16GeN.Ir/c1-23(2)26-13-9-14-27(24(3)4)36(26)41-35-18-8-7-17-34(35)40-39(41)33-16-10-15-30-32-22-21-29-28-12-6-5-11-25(28)19-20-31(29)37(32)42-38(30)33;1-15(2,3)13-9-10-14(16-11-13)12-7-5-4-6-8-12;/h5-15,17-24H,1-4H3;4-7,9-11H,1-3H3;/q2*-1;. The van der Waals surface area contributed by atoms with Crippen molar-refractivity contribution in [1.82, 2.24) is 14.5 Å². The third-order valence-electron chi connectivity index (χ3n) is 11.3. The molecule has 0 aliphatic heterocycles. The van der Waals surface area contributed by atoms with E-state index in [-0.39, 0.29) is 20.1 Å². The monoisotopic (exact) mass is 1010 g/mol. The van der Waals surface area contributed by atoms with E-state index in [9.17, 15) is 0 Å². The molecule has 0 saturated heterocycles. The molecule has 59 heavy (non-hydrogen) atoms. The minimum atomic E-state index is -1.72. The Bertz CT molecular complexity index is 3080. The van der Waals surface area contributed by atoms with Crippen molar-refractivity contribution in [3.8, 4) is 28.3 Å². The Kier molecular flexibility index (Phi) is 11.2. The summed E-state index contributed by atoms with van der Waals surface area (Å²) >= 11 is -1.72. The van der Waals surface area contributed by atoms with Crippen LogP contribution in [0.25, 0.3) is 82.8 Å². The van der Waals surface area contributed by atoms with Crippen molar-refractivity contribution in [3.05, 3.63) is 169 Å². The maximum Gasteiger partial charge on any atom is 0 e. The summed E-state index contributed by atoms with van der Waals surface area (Å²) in [6.45, 7) is 9.07. The Hall–Kier alpha value is -5.33. The van der Waals surface area contributed by atoms with Crippen LogP contribution < -0.4 is 4.40 Å². The fourth-order valence-corrected chi connectivity index (χ4v) is 10.4. The molecule has 295 valence electrons. The summed E-state index contributed by atoms with van der Waals surface area (Å²) in [6.07, 6.45) is 2.04. The number of para-hydroxylation sites is 3. The first-order valence-electron chi connectivity index (χ1n) is 20.3. The Morgan fingerprint density at radius 2 is 1.27 bits per heavy atom. The van der Waals surface area contributed by atoms with Gasteiger partial charge in [0, 0.05) is 36.6 Å². The molecule has 0 aliphatic carbocycles. The Morgan fingerprint density at radius 3 is 1.98 bits per heavy atom. The van der Waals surface area contributed by atoms with Gasteiger partial charge in [0.2, 0.25) is 0 Å². The summed E-state index contributed by atoms with van der Waals surface area (Å²) in [5.74, 6) is 8.69. The van der Waals surface area contributed by atoms with Gasteiger partial charge in [-0.15, -0.1) is 18.2 Å². The van der Waals surface area contributed by atoms with Crippen LogP contribution in [0.2, 0.25) is 17.3 Å². The summed E-state index contributed by atoms with van der Waals surface area (Å²) in [5, 5.41) is 6.97. The molecule has 3 aromatic heterocycles. The van der Waals surface area contributed by atoms with Gasteiger partial charge in [0.1, 0.15) is 5.58 Å². The molecule has 0 atom stereocenters. The first-order chi connectivity index (χ1) is 28.1. The zero-order chi connectivity index (χ0) is 40.1. The summed E-state index contributed by atoms with van der Waals surface area (Å²) < 4.78 is 10.7. The van der Waals surface area contributed by atoms with E-state index in [1.54, 1.807) is 0 Å². The van der Waals surface area contributed by atoms with Gasteiger partial charge in [0.15, 0.2) is 0 Å². The fourth-order valence-electron chi connectivity index (χ4n) is 8.19. The number of furan rings is 1. The van der Waals surface area contributed by atoms with Crippen LogP contribution in [0.5, 0.6) is 0 Å². The van der Waals surface area contributed by atoms with E-state index < -0.39 is 13.3 Å². The molecular formula is C53H47GeIrN3O-2. The number of nitrogens with zero attached hydrogens (tertiary/aromatic N) is 3. The van der Waals surface area contributed by atoms with Gasteiger partial charge in [-0.1, -0.05) is 118 Å². The van der Waals surface area contributed by atoms with Crippen LogP contribution in [0.1, 0.15) is 50.7 Å². The largest absolute Gasteiger partial charge is 0 e. The van der Waals surface area contributed by atoms with E-state index in [0.717, 1.165) is 61.0 Å². The second-order valence-electron chi connectivity index (χ2n) is 16.8. The van der Waals surface area contributed by atoms with Gasteiger partial charge in [0.25, 0.3) is 0 Å². The van der Waals surface area contributed by atoms with Crippen LogP contribution in [0.4, 0.5) is 0 Å². The summed E-state index contributed by atoms with van der Waals surface area (Å²) in [6, 6.07) is 55.6. The van der Waals surface area contributed by atoms with Crippen molar-refractivity contribution >= 4 is 72.2 Å². The molecule has 0 amide bonds. The Balaban J connectivity index is 0.000000240. The molecule has 4 nitrogen and oxygen atoms in total. The molecule has 0 N–H and O–H groups in total. The Morgan fingerprint density at radius 1 is 0.593 bits per heavy atom. The average Bonchev–Trinajstić information content (AvgIpc) is 3.82. The van der Waals surface area contributed by atoms with Crippen molar-refractivity contribution in [3.63, 3.8) is 0 Å². The number of imidazole rings is 1. The van der Waals surface area contributed by atoms with Crippen LogP contribution in [0, 0.1) is 12.1 Å². The third kappa shape index (κ3) is 7.46. The number of pyridine rings is 1. The molecule has 0 bridgehead atoms. The second kappa shape index (κ2) is 16.4. The summed E-state index contributed by atoms with van der Waals surface area (Å²) in [4.78, 5) is 9.79. The van der Waals surface area contributed by atoms with Gasteiger partial charge in [-0.3, -0.25) is 4.98 Å². The maximum absolute atomic E-state index is 6.86. The van der Waals surface area contributed by atoms with E-state index in [4.69, 9.17) is 9.40 Å². The third-order valence-corrected chi connectivity index (χ3v) is 15.5. The minimum Gasteiger partial charge on any atom is 0 e. The SMILES string of the molecule is CC(C)c1cccc(C(C)C)c1-n1c(-c2[c-]ccc3c2oc2c3ccc3c4ccccc4ccc32)nc2ccccc21.[CH3][Ge]([CH3])([CH3])[c]1ccc(-c2[c-]cccc2)nc1.[Ir]. The van der Waals surface area contributed by atoms with E-state index in [1.165, 1.54) is 37.4 Å². The molecule has 10 aromatic rings. The molecular weight excluding hydrogens is 959 g/mol. The normalized spacial score (nSPS) is 11.8. The quantitative estimate of drug-likeness (QED) is 0.0947. The van der Waals surface area contributed by atoms with Gasteiger partial charge >= 0.3 is 99.8 Å². The topological polar surface area (TPSA) is 43.9 Å². The van der Waals surface area contributed by atoms with Gasteiger partial charge in [-0.2, -0.15) is 0 Å². The minimum absolute atomic E-state index is 0. The van der Waals surface area contributed by atoms with Gasteiger partial charge in [-0.25, -0.2) is 0 Å². The first-order valence-corrected chi connectivity index (χ1v) is 27.6. The molecule has 0 unspecified atom stereocenters. The van der Waals surface area contributed by atoms with Gasteiger partial charge in [0.05, 0.1) is 22.4 Å². The van der Waals surface area contributed by atoms with Crippen molar-refractivity contribution < 1.29 is 24.5 Å². The molecule has 6 heteroatoms. The van der Waals surface area contributed by atoms with E-state index in [0.29, 0.717) is 11.8 Å². The summed E-state index contributed by atoms with van der Waals surface area (Å²) in [7, 11) is 0. The van der Waals surface area contributed by atoms with Crippen LogP contribution in [0.3, 0.4) is 0 Å². The predicted octanol–water partition coefficient (Wildman–Crippen LogP) is 14.0. The predicted molar refractivity (Wildman–Crippen MR) is 247 cm³/mol. The van der Waals surface area contributed by atoms with E-state index in [1.807, 2.05) is 36.5 Å². The maximum atomic E-state index is 6.86. The molecule has 10 rings (SSSR count). The second-order valence-corrected chi connectivity index (χ2v) is 27.5. The number of rotatable bonds is 6. The fraction of sp³-hybridized carbons (Fsp3) is 0.170. The molecule has 3 heterocycles. The molecule has 7 aromatic carbocycles. The molecule has 0 saturated carbocycles. The number of aromatic nitrogens is 3. The molecule has 0 spiro atoms. The molecule has 0 fully saturated rings. The van der Waals surface area contributed by atoms with Gasteiger partial charge in [-0.05, 0) is 51.3 Å². The summed E-state index contributed by atoms with van der Waals surface area (Å²) in [5.41, 5.74) is 10.5. The zero-order valence-corrected chi connectivity index (χ0v) is 39.1. The molecule has 0 aliphatic rings. The van der Waals surface area contributed by atoms with Crippen LogP contribution in [-0.2, 0) is 20.1 Å². The number of hydrogen-bond acceptors (Lipinski definition) is 3. The van der Waals surface area contributed by atoms with Crippen molar-refractivity contribution in [2.75, 3.05) is 0 Å². The van der Waals surface area contributed by atoms with Crippen LogP contribution in [-0.4, -0.2) is 27.8 Å². The Labute approximate surface area is 363 Å². The van der Waals surface area contributed by atoms with Gasteiger partial charge < -0.3 is 8.98 Å². The van der Waals surface area contributed by atoms with Crippen molar-refractivity contribution in [2.24, 2.45) is 0 Å². The van der Waals surface area contributed by atoms with E-state index >= 15 is 0 Å².